The van der Waals surface area contributed by atoms with Crippen molar-refractivity contribution in [2.75, 3.05) is 0 Å². The third-order valence-electron chi connectivity index (χ3n) is 9.46. The molecule has 1 spiro atoms. The smallest absolute Gasteiger partial charge is 0.230 e. The topological polar surface area (TPSA) is 46.7 Å². The average molecular weight is 342 g/mol. The van der Waals surface area contributed by atoms with Crippen LogP contribution >= 0.6 is 0 Å². The molecule has 1 heterocycles. The number of Topliss-reactive ketones (excluding diaryl/α,β-unsaturated/α-hetero) is 2. The van der Waals surface area contributed by atoms with Crippen molar-refractivity contribution in [1.29, 1.82) is 0 Å². The number of carbonyl (C=O) groups excluding carboxylic acids is 2. The van der Waals surface area contributed by atoms with Gasteiger partial charge in [0.15, 0.2) is 6.10 Å². The lowest BCUT2D eigenvalue weighted by atomic mass is 9.41. The van der Waals surface area contributed by atoms with E-state index in [1.807, 2.05) is 6.92 Å². The molecule has 3 heteroatoms. The van der Waals surface area contributed by atoms with Crippen molar-refractivity contribution in [2.24, 2.45) is 34.5 Å². The number of hydrogen-bond donors (Lipinski definition) is 0. The summed E-state index contributed by atoms with van der Waals surface area (Å²) in [4.78, 5) is 25.3. The number of carbonyl (C=O) groups is 2. The molecule has 25 heavy (non-hydrogen) atoms. The summed E-state index contributed by atoms with van der Waals surface area (Å²) in [5.74, 6) is 1.24. The zero-order valence-corrected chi connectivity index (χ0v) is 15.9. The highest BCUT2D eigenvalue weighted by Gasteiger charge is 2.81. The third kappa shape index (κ3) is 1.59. The number of rotatable bonds is 0. The molecule has 0 radical (unpaired) electrons. The van der Waals surface area contributed by atoms with E-state index in [0.717, 1.165) is 12.3 Å². The summed E-state index contributed by atoms with van der Waals surface area (Å²) in [6.45, 7) is 8.86. The molecule has 0 amide bonds. The number of hydrogen-bond acceptors (Lipinski definition) is 3. The Hall–Kier alpha value is -0.960. The maximum atomic E-state index is 12.7. The number of fused-ring (bicyclic) bond motifs is 4. The van der Waals surface area contributed by atoms with Gasteiger partial charge in [0.25, 0.3) is 0 Å². The first kappa shape index (κ1) is 16.2. The Morgan fingerprint density at radius 3 is 2.56 bits per heavy atom. The minimum absolute atomic E-state index is 0.184. The standard InChI is InChI=1S/C22H30O3/c1-5-13-11-14-15-7-6-9-20(15,3)10-8-16(14)21(4)12(2)17(23)18(24)19-22(13,21)25-19/h5,12,14-16,19H,6-11H2,1-4H3/t12?,14-,15-,16+,19?,20-,21+,22?/m0/s1. The van der Waals surface area contributed by atoms with Crippen LogP contribution in [0.5, 0.6) is 0 Å². The van der Waals surface area contributed by atoms with Crippen molar-refractivity contribution in [3.63, 3.8) is 0 Å². The molecule has 5 aliphatic rings. The molecule has 1 aliphatic heterocycles. The molecule has 0 bridgehead atoms. The van der Waals surface area contributed by atoms with E-state index >= 15 is 0 Å². The first-order valence-electron chi connectivity index (χ1n) is 10.2. The van der Waals surface area contributed by atoms with Crippen LogP contribution in [0, 0.1) is 34.5 Å². The summed E-state index contributed by atoms with van der Waals surface area (Å²) in [6.07, 6.45) is 9.29. The van der Waals surface area contributed by atoms with Crippen LogP contribution < -0.4 is 0 Å². The molecule has 4 saturated carbocycles. The second-order valence-corrected chi connectivity index (χ2v) is 9.95. The largest absolute Gasteiger partial charge is 0.352 e. The fourth-order valence-corrected chi connectivity index (χ4v) is 7.97. The van der Waals surface area contributed by atoms with Gasteiger partial charge in [-0.3, -0.25) is 9.59 Å². The zero-order chi connectivity index (χ0) is 17.8. The highest BCUT2D eigenvalue weighted by molar-refractivity contribution is 6.42. The lowest BCUT2D eigenvalue weighted by Gasteiger charge is -2.60. The summed E-state index contributed by atoms with van der Waals surface area (Å²) in [6, 6.07) is 0. The molecular weight excluding hydrogens is 312 g/mol. The fraction of sp³-hybridized carbons (Fsp3) is 0.818. The Bertz CT molecular complexity index is 708. The quantitative estimate of drug-likeness (QED) is 0.378. The second-order valence-electron chi connectivity index (χ2n) is 9.95. The van der Waals surface area contributed by atoms with E-state index in [4.69, 9.17) is 4.74 Å². The van der Waals surface area contributed by atoms with Crippen LogP contribution in [0.3, 0.4) is 0 Å². The molecule has 4 aliphatic carbocycles. The predicted octanol–water partition coefficient (Wildman–Crippen LogP) is 4.10. The van der Waals surface area contributed by atoms with E-state index in [9.17, 15) is 9.59 Å². The molecule has 0 aromatic heterocycles. The zero-order valence-electron chi connectivity index (χ0n) is 15.9. The van der Waals surface area contributed by atoms with Crippen molar-refractivity contribution in [3.8, 4) is 0 Å². The highest BCUT2D eigenvalue weighted by Crippen LogP contribution is 2.74. The number of epoxide rings is 1. The van der Waals surface area contributed by atoms with Gasteiger partial charge in [0.2, 0.25) is 11.6 Å². The van der Waals surface area contributed by atoms with E-state index in [0.29, 0.717) is 17.3 Å². The van der Waals surface area contributed by atoms with E-state index < -0.39 is 11.7 Å². The highest BCUT2D eigenvalue weighted by atomic mass is 16.6. The van der Waals surface area contributed by atoms with E-state index in [1.54, 1.807) is 0 Å². The van der Waals surface area contributed by atoms with Gasteiger partial charge in [-0.15, -0.1) is 0 Å². The maximum Gasteiger partial charge on any atom is 0.230 e. The SMILES string of the molecule is CC=C1C[C@@H]2[C@@H](CC[C@]3(C)CCC[C@@H]23)[C@@]2(C)C(C)C(=O)C(=O)C3OC132. The molecule has 3 nitrogen and oxygen atoms in total. The van der Waals surface area contributed by atoms with Gasteiger partial charge in [0, 0.05) is 11.3 Å². The van der Waals surface area contributed by atoms with Crippen LogP contribution in [0.4, 0.5) is 0 Å². The average Bonchev–Trinajstić information content (AvgIpc) is 3.22. The molecule has 5 fully saturated rings. The number of ether oxygens (including phenoxy) is 1. The van der Waals surface area contributed by atoms with Crippen molar-refractivity contribution in [1.82, 2.24) is 0 Å². The van der Waals surface area contributed by atoms with Crippen LogP contribution in [-0.4, -0.2) is 23.3 Å². The van der Waals surface area contributed by atoms with Gasteiger partial charge < -0.3 is 4.74 Å². The van der Waals surface area contributed by atoms with Crippen LogP contribution in [0.2, 0.25) is 0 Å². The molecule has 8 atom stereocenters. The van der Waals surface area contributed by atoms with Crippen LogP contribution in [0.1, 0.15) is 66.2 Å². The van der Waals surface area contributed by atoms with Gasteiger partial charge >= 0.3 is 0 Å². The maximum absolute atomic E-state index is 12.7. The first-order chi connectivity index (χ1) is 11.8. The fourth-order valence-electron chi connectivity index (χ4n) is 7.97. The molecule has 3 unspecified atom stereocenters. The number of ketones is 2. The van der Waals surface area contributed by atoms with Crippen LogP contribution in [-0.2, 0) is 14.3 Å². The summed E-state index contributed by atoms with van der Waals surface area (Å²) in [7, 11) is 0. The second kappa shape index (κ2) is 4.65. The van der Waals surface area contributed by atoms with Gasteiger partial charge in [-0.1, -0.05) is 33.3 Å². The van der Waals surface area contributed by atoms with Crippen molar-refractivity contribution >= 4 is 11.6 Å². The Morgan fingerprint density at radius 1 is 1.08 bits per heavy atom. The summed E-state index contributed by atoms with van der Waals surface area (Å²) >= 11 is 0. The monoisotopic (exact) mass is 342 g/mol. The molecule has 0 aromatic carbocycles. The molecule has 136 valence electrons. The minimum atomic E-state index is -0.495. The minimum Gasteiger partial charge on any atom is -0.352 e. The normalized spacial score (nSPS) is 58.4. The summed E-state index contributed by atoms with van der Waals surface area (Å²) in [5, 5.41) is 0. The van der Waals surface area contributed by atoms with Crippen molar-refractivity contribution in [2.45, 2.75) is 77.9 Å². The Kier molecular flexibility index (Phi) is 3.02. The third-order valence-corrected chi connectivity index (χ3v) is 9.46. The summed E-state index contributed by atoms with van der Waals surface area (Å²) in [5.41, 5.74) is 1.10. The van der Waals surface area contributed by atoms with Gasteiger partial charge in [-0.25, -0.2) is 0 Å². The van der Waals surface area contributed by atoms with Gasteiger partial charge in [-0.05, 0) is 67.8 Å². The predicted molar refractivity (Wildman–Crippen MR) is 94.9 cm³/mol. The van der Waals surface area contributed by atoms with Crippen molar-refractivity contribution < 1.29 is 14.3 Å². The van der Waals surface area contributed by atoms with Crippen molar-refractivity contribution in [3.05, 3.63) is 11.6 Å². The molecule has 0 aromatic rings. The van der Waals surface area contributed by atoms with E-state index in [-0.39, 0.29) is 22.9 Å². The Balaban J connectivity index is 1.65. The van der Waals surface area contributed by atoms with Gasteiger partial charge in [-0.2, -0.15) is 0 Å². The first-order valence-corrected chi connectivity index (χ1v) is 10.2. The molecule has 5 rings (SSSR count). The molecule has 0 N–H and O–H groups in total. The van der Waals surface area contributed by atoms with Gasteiger partial charge in [0.1, 0.15) is 5.60 Å². The molecular formula is C22H30O3. The Labute approximate surface area is 150 Å². The van der Waals surface area contributed by atoms with Crippen LogP contribution in [0.25, 0.3) is 0 Å². The van der Waals surface area contributed by atoms with E-state index in [2.05, 4.69) is 26.8 Å². The van der Waals surface area contributed by atoms with Gasteiger partial charge in [0.05, 0.1) is 0 Å². The lowest BCUT2D eigenvalue weighted by Crippen LogP contribution is -2.64. The molecule has 1 saturated heterocycles. The van der Waals surface area contributed by atoms with Crippen LogP contribution in [0.15, 0.2) is 11.6 Å². The number of allylic oxidation sites excluding steroid dienone is 1. The van der Waals surface area contributed by atoms with E-state index in [1.165, 1.54) is 37.7 Å². The Morgan fingerprint density at radius 2 is 1.84 bits per heavy atom. The summed E-state index contributed by atoms with van der Waals surface area (Å²) < 4.78 is 6.18. The lowest BCUT2D eigenvalue weighted by molar-refractivity contribution is -0.152.